The Morgan fingerprint density at radius 3 is 2.69 bits per heavy atom. The molecule has 0 fully saturated rings. The quantitative estimate of drug-likeness (QED) is 0.250. The van der Waals surface area contributed by atoms with Crippen LogP contribution in [0, 0.1) is 13.8 Å². The molecule has 0 aliphatic rings. The number of aromatic nitrogens is 4. The van der Waals surface area contributed by atoms with Crippen LogP contribution in [-0.4, -0.2) is 37.9 Å². The fourth-order valence-corrected chi connectivity index (χ4v) is 4.46. The number of aromatic amines is 1. The summed E-state index contributed by atoms with van der Waals surface area (Å²) >= 11 is 0. The molecule has 0 aliphatic carbocycles. The molecule has 4 aromatic rings. The van der Waals surface area contributed by atoms with Crippen molar-refractivity contribution < 1.29 is 4.79 Å². The number of hydrogen-bond donors (Lipinski definition) is 3. The summed E-state index contributed by atoms with van der Waals surface area (Å²) in [4.78, 5) is 24.9. The third-order valence-electron chi connectivity index (χ3n) is 6.29. The Morgan fingerprint density at radius 2 is 2.06 bits per heavy atom. The van der Waals surface area contributed by atoms with E-state index in [2.05, 4.69) is 40.0 Å². The van der Waals surface area contributed by atoms with Crippen molar-refractivity contribution in [2.24, 2.45) is 17.8 Å². The molecule has 0 unspecified atom stereocenters. The van der Waals surface area contributed by atoms with Crippen molar-refractivity contribution in [3.63, 3.8) is 0 Å². The first-order chi connectivity index (χ1) is 17.3. The molecule has 1 amide bonds. The Kier molecular flexibility index (Phi) is 6.87. The van der Waals surface area contributed by atoms with Crippen LogP contribution in [0.15, 0.2) is 60.6 Å². The molecule has 4 rings (SSSR count). The topological polar surface area (TPSA) is 114 Å². The zero-order valence-electron chi connectivity index (χ0n) is 21.3. The molecule has 3 aromatic heterocycles. The Bertz CT molecular complexity index is 1540. The van der Waals surface area contributed by atoms with Gasteiger partial charge in [0.1, 0.15) is 5.65 Å². The minimum atomic E-state index is -0.259. The predicted octanol–water partition coefficient (Wildman–Crippen LogP) is 5.15. The number of allylic oxidation sites excluding steroid dienone is 1. The lowest BCUT2D eigenvalue weighted by molar-refractivity contribution is -0.111. The molecule has 3 heterocycles. The van der Waals surface area contributed by atoms with E-state index in [0.717, 1.165) is 67.1 Å². The minimum Gasteiger partial charge on any atom is -0.404 e. The van der Waals surface area contributed by atoms with Gasteiger partial charge in [-0.25, -0.2) is 4.98 Å². The molecule has 8 nitrogen and oxygen atoms in total. The van der Waals surface area contributed by atoms with Gasteiger partial charge >= 0.3 is 0 Å². The van der Waals surface area contributed by atoms with Crippen LogP contribution < -0.4 is 11.1 Å². The highest BCUT2D eigenvalue weighted by molar-refractivity contribution is 6.23. The Morgan fingerprint density at radius 1 is 1.28 bits per heavy atom. The number of rotatable bonds is 7. The smallest absolute Gasteiger partial charge is 0.247 e. The Balaban J connectivity index is 2.04. The second kappa shape index (κ2) is 10.0. The number of nitrogens with one attached hydrogen (secondary N) is 2. The SMILES string of the molecule is C=CC(=O)Nc1cc(-c2c(-c3cnn(C)c3)[nH]c3ncc(/C(=C/N)C(C)=NCC)c(C)c23)ccc1C. The maximum atomic E-state index is 12.1. The molecule has 0 radical (unpaired) electrons. The number of amides is 1. The number of fused-ring (bicyclic) bond motifs is 1. The number of nitrogens with two attached hydrogens (primary N) is 1. The molecule has 1 aromatic carbocycles. The van der Waals surface area contributed by atoms with Gasteiger partial charge in [-0.3, -0.25) is 14.5 Å². The predicted molar refractivity (Wildman–Crippen MR) is 148 cm³/mol. The van der Waals surface area contributed by atoms with E-state index in [1.807, 2.05) is 58.5 Å². The number of H-pyrrole nitrogens is 1. The molecular formula is C28H31N7O. The first-order valence-corrected chi connectivity index (χ1v) is 11.8. The van der Waals surface area contributed by atoms with Crippen molar-refractivity contribution in [2.45, 2.75) is 27.7 Å². The van der Waals surface area contributed by atoms with E-state index in [9.17, 15) is 4.79 Å². The Labute approximate surface area is 210 Å². The first-order valence-electron chi connectivity index (χ1n) is 11.8. The van der Waals surface area contributed by atoms with Crippen LogP contribution in [0.2, 0.25) is 0 Å². The van der Waals surface area contributed by atoms with Gasteiger partial charge in [0.2, 0.25) is 5.91 Å². The summed E-state index contributed by atoms with van der Waals surface area (Å²) in [5.41, 5.74) is 15.9. The molecule has 4 N–H and O–H groups in total. The Hall–Kier alpha value is -4.46. The van der Waals surface area contributed by atoms with Gasteiger partial charge < -0.3 is 16.0 Å². The molecule has 0 aliphatic heterocycles. The zero-order chi connectivity index (χ0) is 26.0. The number of benzene rings is 1. The third-order valence-corrected chi connectivity index (χ3v) is 6.29. The molecule has 0 spiro atoms. The van der Waals surface area contributed by atoms with Crippen LogP contribution in [0.4, 0.5) is 5.69 Å². The van der Waals surface area contributed by atoms with Crippen molar-refractivity contribution in [3.8, 4) is 22.4 Å². The van der Waals surface area contributed by atoms with E-state index in [1.54, 1.807) is 10.9 Å². The van der Waals surface area contributed by atoms with Crippen LogP contribution in [-0.2, 0) is 11.8 Å². The number of nitrogens with zero attached hydrogens (tertiary/aromatic N) is 4. The molecule has 0 saturated carbocycles. The number of carbonyl (C=O) groups excluding carboxylic acids is 1. The van der Waals surface area contributed by atoms with E-state index in [1.165, 1.54) is 6.08 Å². The monoisotopic (exact) mass is 481 g/mol. The van der Waals surface area contributed by atoms with E-state index >= 15 is 0 Å². The van der Waals surface area contributed by atoms with Crippen LogP contribution in [0.25, 0.3) is 39.0 Å². The van der Waals surface area contributed by atoms with Crippen LogP contribution in [0.1, 0.15) is 30.5 Å². The normalized spacial score (nSPS) is 12.2. The maximum Gasteiger partial charge on any atom is 0.247 e. The maximum absolute atomic E-state index is 12.1. The number of carbonyl (C=O) groups is 1. The summed E-state index contributed by atoms with van der Waals surface area (Å²) in [6.45, 7) is 12.2. The molecule has 0 atom stereocenters. The number of pyridine rings is 1. The molecule has 36 heavy (non-hydrogen) atoms. The lowest BCUT2D eigenvalue weighted by Crippen LogP contribution is -2.08. The molecular weight excluding hydrogens is 450 g/mol. The van der Waals surface area contributed by atoms with Gasteiger partial charge in [-0.2, -0.15) is 5.10 Å². The summed E-state index contributed by atoms with van der Waals surface area (Å²) < 4.78 is 1.76. The van der Waals surface area contributed by atoms with Gasteiger partial charge in [0, 0.05) is 71.2 Å². The summed E-state index contributed by atoms with van der Waals surface area (Å²) in [6.07, 6.45) is 8.47. The number of hydrogen-bond acceptors (Lipinski definition) is 5. The minimum absolute atomic E-state index is 0.259. The van der Waals surface area contributed by atoms with Crippen molar-refractivity contribution in [3.05, 3.63) is 72.3 Å². The fourth-order valence-electron chi connectivity index (χ4n) is 4.46. The molecule has 8 heteroatoms. The lowest BCUT2D eigenvalue weighted by atomic mass is 9.92. The molecule has 184 valence electrons. The highest BCUT2D eigenvalue weighted by Gasteiger charge is 2.22. The van der Waals surface area contributed by atoms with Gasteiger partial charge in [-0.15, -0.1) is 0 Å². The largest absolute Gasteiger partial charge is 0.404 e. The second-order valence-corrected chi connectivity index (χ2v) is 8.66. The average Bonchev–Trinajstić information content (AvgIpc) is 3.46. The van der Waals surface area contributed by atoms with Gasteiger partial charge in [-0.1, -0.05) is 18.7 Å². The summed E-state index contributed by atoms with van der Waals surface area (Å²) in [7, 11) is 1.89. The van der Waals surface area contributed by atoms with Crippen LogP contribution in [0.5, 0.6) is 0 Å². The highest BCUT2D eigenvalue weighted by Crippen LogP contribution is 2.41. The van der Waals surface area contributed by atoms with E-state index in [4.69, 9.17) is 10.7 Å². The summed E-state index contributed by atoms with van der Waals surface area (Å²) in [5.74, 6) is -0.259. The standard InChI is InChI=1S/C28H31N7O/c1-7-24(36)33-23-11-19(10-9-16(23)3)26-25-17(4)22(21(12-29)18(5)30-8-2)14-31-28(25)34-27(26)20-13-32-35(6)15-20/h7,9-15H,1,8,29H2,2-6H3,(H,31,34)(H,33,36)/b21-12+,30-18?. The zero-order valence-corrected chi connectivity index (χ0v) is 21.3. The molecule has 0 saturated heterocycles. The van der Waals surface area contributed by atoms with Gasteiger partial charge in [0.05, 0.1) is 11.9 Å². The first kappa shape index (κ1) is 24.7. The number of aliphatic imine (C=N–C) groups is 1. The van der Waals surface area contributed by atoms with Crippen molar-refractivity contribution in [1.29, 1.82) is 0 Å². The average molecular weight is 482 g/mol. The fraction of sp³-hybridized carbons (Fsp3) is 0.214. The molecule has 0 bridgehead atoms. The summed E-state index contributed by atoms with van der Waals surface area (Å²) in [5, 5.41) is 8.26. The van der Waals surface area contributed by atoms with E-state index in [0.29, 0.717) is 6.54 Å². The van der Waals surface area contributed by atoms with Gasteiger partial charge in [0.15, 0.2) is 0 Å². The van der Waals surface area contributed by atoms with Crippen molar-refractivity contribution in [1.82, 2.24) is 19.7 Å². The second-order valence-electron chi connectivity index (χ2n) is 8.66. The highest BCUT2D eigenvalue weighted by atomic mass is 16.1. The lowest BCUT2D eigenvalue weighted by Gasteiger charge is -2.14. The van der Waals surface area contributed by atoms with E-state index < -0.39 is 0 Å². The van der Waals surface area contributed by atoms with E-state index in [-0.39, 0.29) is 5.91 Å². The van der Waals surface area contributed by atoms with Crippen LogP contribution >= 0.6 is 0 Å². The summed E-state index contributed by atoms with van der Waals surface area (Å²) in [6, 6.07) is 6.03. The third kappa shape index (κ3) is 4.45. The van der Waals surface area contributed by atoms with Crippen LogP contribution in [0.3, 0.4) is 0 Å². The van der Waals surface area contributed by atoms with Crippen molar-refractivity contribution >= 4 is 33.9 Å². The van der Waals surface area contributed by atoms with Gasteiger partial charge in [-0.05, 0) is 56.5 Å². The number of anilines is 1. The van der Waals surface area contributed by atoms with Gasteiger partial charge in [0.25, 0.3) is 0 Å². The number of aryl methyl sites for hydroxylation is 3. The van der Waals surface area contributed by atoms with Crippen molar-refractivity contribution in [2.75, 3.05) is 11.9 Å².